The number of aliphatic hydroxyl groups excluding tert-OH is 1. The SMILES string of the molecule is COC(=O)c1c(N(C(=O)OC)S(=O)c2ccc(F)cc2C2CC2CO)ccc2c1OCC1CC21. The van der Waals surface area contributed by atoms with Crippen LogP contribution in [0.25, 0.3) is 0 Å². The molecule has 10 heteroatoms. The molecular formula is C24H24FNO7S. The summed E-state index contributed by atoms with van der Waals surface area (Å²) in [4.78, 5) is 26.0. The van der Waals surface area contributed by atoms with Gasteiger partial charge in [-0.05, 0) is 66.0 Å². The number of carbonyl (C=O) groups excluding carboxylic acids is 2. The molecule has 1 N–H and O–H groups in total. The molecule has 2 aromatic carbocycles. The first-order valence-electron chi connectivity index (χ1n) is 11.0. The Balaban J connectivity index is 1.64. The fraction of sp³-hybridized carbons (Fsp3) is 0.417. The molecule has 0 aromatic heterocycles. The van der Waals surface area contributed by atoms with E-state index in [0.717, 1.165) is 29.5 Å². The molecule has 5 atom stereocenters. The predicted molar refractivity (Wildman–Crippen MR) is 120 cm³/mol. The quantitative estimate of drug-likeness (QED) is 0.620. The Morgan fingerprint density at radius 2 is 1.94 bits per heavy atom. The summed E-state index contributed by atoms with van der Waals surface area (Å²) in [7, 11) is 0.157. The van der Waals surface area contributed by atoms with Crippen LogP contribution < -0.4 is 9.04 Å². The molecule has 34 heavy (non-hydrogen) atoms. The maximum atomic E-state index is 14.1. The van der Waals surface area contributed by atoms with Crippen molar-refractivity contribution >= 4 is 28.7 Å². The number of amides is 1. The molecule has 1 amide bonds. The van der Waals surface area contributed by atoms with E-state index in [4.69, 9.17) is 14.2 Å². The van der Waals surface area contributed by atoms with E-state index < -0.39 is 28.9 Å². The second-order valence-corrected chi connectivity index (χ2v) is 10.1. The first-order chi connectivity index (χ1) is 16.4. The Morgan fingerprint density at radius 3 is 2.62 bits per heavy atom. The number of halogens is 1. The van der Waals surface area contributed by atoms with Crippen LogP contribution in [0, 0.1) is 17.7 Å². The number of fused-ring (bicyclic) bond motifs is 3. The number of benzene rings is 2. The van der Waals surface area contributed by atoms with Crippen LogP contribution in [-0.4, -0.2) is 48.8 Å². The van der Waals surface area contributed by atoms with Crippen LogP contribution >= 0.6 is 0 Å². The Bertz CT molecular complexity index is 1200. The number of methoxy groups -OCH3 is 2. The molecule has 8 nitrogen and oxygen atoms in total. The zero-order valence-electron chi connectivity index (χ0n) is 18.7. The van der Waals surface area contributed by atoms with E-state index in [1.54, 1.807) is 12.1 Å². The van der Waals surface area contributed by atoms with Crippen LogP contribution in [-0.2, 0) is 20.5 Å². The van der Waals surface area contributed by atoms with Gasteiger partial charge in [0.05, 0.1) is 31.4 Å². The maximum Gasteiger partial charge on any atom is 0.426 e. The monoisotopic (exact) mass is 489 g/mol. The van der Waals surface area contributed by atoms with Crippen molar-refractivity contribution in [1.82, 2.24) is 0 Å². The van der Waals surface area contributed by atoms with Crippen molar-refractivity contribution in [3.8, 4) is 5.75 Å². The lowest BCUT2D eigenvalue weighted by molar-refractivity contribution is 0.0596. The van der Waals surface area contributed by atoms with Crippen molar-refractivity contribution in [2.24, 2.45) is 11.8 Å². The second-order valence-electron chi connectivity index (χ2n) is 8.76. The van der Waals surface area contributed by atoms with Crippen molar-refractivity contribution in [3.05, 3.63) is 52.8 Å². The van der Waals surface area contributed by atoms with Gasteiger partial charge in [0.1, 0.15) is 17.1 Å². The van der Waals surface area contributed by atoms with Crippen molar-refractivity contribution in [1.29, 1.82) is 0 Å². The zero-order chi connectivity index (χ0) is 24.1. The Kier molecular flexibility index (Phi) is 5.81. The third kappa shape index (κ3) is 3.74. The van der Waals surface area contributed by atoms with Gasteiger partial charge in [-0.3, -0.25) is 0 Å². The highest BCUT2D eigenvalue weighted by Gasteiger charge is 2.47. The second kappa shape index (κ2) is 8.66. The van der Waals surface area contributed by atoms with Gasteiger partial charge in [0.2, 0.25) is 0 Å². The van der Waals surface area contributed by atoms with Crippen molar-refractivity contribution in [2.45, 2.75) is 29.6 Å². The number of aliphatic hydroxyl groups is 1. The van der Waals surface area contributed by atoms with Gasteiger partial charge in [-0.1, -0.05) is 6.07 Å². The molecule has 2 aliphatic carbocycles. The standard InChI is InChI=1S/C24H24FNO7S/c1-31-23(28)21-19(5-4-15-17-8-13(17)11-33-22(15)21)26(24(29)32-2)34(30)20-6-3-14(25)9-18(20)16-7-12(16)10-27/h3-6,9,12-13,16-17,27H,7-8,10-11H2,1-2H3. The molecule has 0 saturated heterocycles. The highest BCUT2D eigenvalue weighted by molar-refractivity contribution is 7.87. The minimum absolute atomic E-state index is 0.00702. The Morgan fingerprint density at radius 1 is 1.15 bits per heavy atom. The van der Waals surface area contributed by atoms with Gasteiger partial charge in [0.15, 0.2) is 11.0 Å². The molecule has 5 rings (SSSR count). The van der Waals surface area contributed by atoms with Crippen LogP contribution in [0.2, 0.25) is 0 Å². The summed E-state index contributed by atoms with van der Waals surface area (Å²) in [6.45, 7) is 0.365. The molecule has 2 aromatic rings. The normalized spacial score (nSPS) is 24.7. The van der Waals surface area contributed by atoms with Crippen LogP contribution in [0.4, 0.5) is 14.9 Å². The first-order valence-corrected chi connectivity index (χ1v) is 12.1. The minimum atomic E-state index is -2.20. The topological polar surface area (TPSA) is 102 Å². The van der Waals surface area contributed by atoms with E-state index in [1.165, 1.54) is 19.2 Å². The largest absolute Gasteiger partial charge is 0.492 e. The predicted octanol–water partition coefficient (Wildman–Crippen LogP) is 3.50. The average Bonchev–Trinajstić information content (AvgIpc) is 3.76. The summed E-state index contributed by atoms with van der Waals surface area (Å²) in [6.07, 6.45) is 0.602. The van der Waals surface area contributed by atoms with E-state index in [2.05, 4.69) is 0 Å². The molecule has 5 unspecified atom stereocenters. The number of ether oxygens (including phenoxy) is 3. The minimum Gasteiger partial charge on any atom is -0.492 e. The van der Waals surface area contributed by atoms with Gasteiger partial charge in [-0.15, -0.1) is 0 Å². The smallest absolute Gasteiger partial charge is 0.426 e. The number of hydrogen-bond donors (Lipinski definition) is 1. The van der Waals surface area contributed by atoms with Gasteiger partial charge in [0.25, 0.3) is 0 Å². The van der Waals surface area contributed by atoms with E-state index in [-0.39, 0.29) is 40.5 Å². The maximum absolute atomic E-state index is 14.1. The lowest BCUT2D eigenvalue weighted by atomic mass is 10.00. The summed E-state index contributed by atoms with van der Waals surface area (Å²) >= 11 is 0. The van der Waals surface area contributed by atoms with Gasteiger partial charge in [-0.2, -0.15) is 4.31 Å². The van der Waals surface area contributed by atoms with Crippen LogP contribution in [0.3, 0.4) is 0 Å². The van der Waals surface area contributed by atoms with Crippen molar-refractivity contribution in [3.63, 3.8) is 0 Å². The van der Waals surface area contributed by atoms with E-state index in [9.17, 15) is 23.3 Å². The first kappa shape index (κ1) is 22.8. The number of carbonyl (C=O) groups is 2. The van der Waals surface area contributed by atoms with Crippen LogP contribution in [0.5, 0.6) is 5.75 Å². The van der Waals surface area contributed by atoms with Crippen LogP contribution in [0.15, 0.2) is 35.2 Å². The van der Waals surface area contributed by atoms with Gasteiger partial charge < -0.3 is 19.3 Å². The Labute approximate surface area is 198 Å². The van der Waals surface area contributed by atoms with Gasteiger partial charge >= 0.3 is 12.1 Å². The van der Waals surface area contributed by atoms with Crippen molar-refractivity contribution in [2.75, 3.05) is 31.7 Å². The number of nitrogens with zero attached hydrogens (tertiary/aromatic N) is 1. The van der Waals surface area contributed by atoms with E-state index >= 15 is 0 Å². The summed E-state index contributed by atoms with van der Waals surface area (Å²) in [6, 6.07) is 7.09. The molecule has 2 fully saturated rings. The third-order valence-corrected chi connectivity index (χ3v) is 8.19. The molecule has 0 spiro atoms. The highest BCUT2D eigenvalue weighted by Crippen LogP contribution is 2.56. The summed E-state index contributed by atoms with van der Waals surface area (Å²) in [5.41, 5.74) is 1.30. The highest BCUT2D eigenvalue weighted by atomic mass is 32.2. The Hall–Kier alpha value is -2.98. The molecule has 0 radical (unpaired) electrons. The molecule has 3 aliphatic rings. The number of anilines is 1. The molecule has 0 bridgehead atoms. The average molecular weight is 490 g/mol. The van der Waals surface area contributed by atoms with E-state index in [0.29, 0.717) is 30.3 Å². The van der Waals surface area contributed by atoms with Crippen LogP contribution in [0.1, 0.15) is 46.2 Å². The lowest BCUT2D eigenvalue weighted by Crippen LogP contribution is -2.35. The van der Waals surface area contributed by atoms with Gasteiger partial charge in [-0.25, -0.2) is 18.2 Å². The molecule has 2 saturated carbocycles. The molecular weight excluding hydrogens is 465 g/mol. The summed E-state index contributed by atoms with van der Waals surface area (Å²) in [5, 5.41) is 9.49. The fourth-order valence-corrected chi connectivity index (χ4v) is 6.08. The molecule has 180 valence electrons. The lowest BCUT2D eigenvalue weighted by Gasteiger charge is -2.26. The third-order valence-electron chi connectivity index (χ3n) is 6.76. The van der Waals surface area contributed by atoms with E-state index in [1.807, 2.05) is 0 Å². The number of hydrogen-bond acceptors (Lipinski definition) is 7. The number of rotatable bonds is 6. The number of esters is 1. The van der Waals surface area contributed by atoms with Gasteiger partial charge in [0, 0.05) is 12.5 Å². The fourth-order valence-electron chi connectivity index (χ4n) is 4.74. The zero-order valence-corrected chi connectivity index (χ0v) is 19.5. The summed E-state index contributed by atoms with van der Waals surface area (Å²) < 4.78 is 44.6. The van der Waals surface area contributed by atoms with Crippen molar-refractivity contribution < 1.29 is 37.5 Å². The molecule has 1 heterocycles. The molecule has 1 aliphatic heterocycles. The summed E-state index contributed by atoms with van der Waals surface area (Å²) in [5.74, 6) is -0.520.